The molecule has 0 radical (unpaired) electrons. The number of ketones is 1. The third-order valence-corrected chi connectivity index (χ3v) is 2.63. The van der Waals surface area contributed by atoms with Crippen molar-refractivity contribution in [1.29, 1.82) is 0 Å². The molecule has 0 spiro atoms. The van der Waals surface area contributed by atoms with E-state index in [1.165, 1.54) is 0 Å². The van der Waals surface area contributed by atoms with Gasteiger partial charge < -0.3 is 0 Å². The Hall–Kier alpha value is -0.0400. The molecule has 0 aromatic heterocycles. The summed E-state index contributed by atoms with van der Waals surface area (Å²) in [7, 11) is 0. The highest BCUT2D eigenvalue weighted by atomic mass is 35.5. The summed E-state index contributed by atoms with van der Waals surface area (Å²) in [5.41, 5.74) is 0. The van der Waals surface area contributed by atoms with E-state index in [1.807, 2.05) is 0 Å². The van der Waals surface area contributed by atoms with Gasteiger partial charge in [-0.05, 0) is 25.7 Å². The molecule has 0 bridgehead atoms. The molecule has 0 amide bonds. The Morgan fingerprint density at radius 2 is 2.08 bits per heavy atom. The molecule has 0 aliphatic heterocycles. The summed E-state index contributed by atoms with van der Waals surface area (Å²) in [5.74, 6) is 1.72. The summed E-state index contributed by atoms with van der Waals surface area (Å²) >= 11 is 5.61. The van der Waals surface area contributed by atoms with E-state index < -0.39 is 0 Å². The zero-order valence-electron chi connectivity index (χ0n) is 8.27. The molecule has 0 aromatic rings. The smallest absolute Gasteiger partial charge is 0.132 e. The highest BCUT2D eigenvalue weighted by Crippen LogP contribution is 2.19. The van der Waals surface area contributed by atoms with E-state index in [0.29, 0.717) is 11.8 Å². The lowest BCUT2D eigenvalue weighted by Gasteiger charge is -2.16. The minimum absolute atomic E-state index is 0.192. The van der Waals surface area contributed by atoms with Crippen LogP contribution in [0.25, 0.3) is 0 Å². The molecule has 0 aromatic carbocycles. The van der Waals surface area contributed by atoms with Gasteiger partial charge in [-0.2, -0.15) is 0 Å². The monoisotopic (exact) mass is 190 g/mol. The van der Waals surface area contributed by atoms with E-state index >= 15 is 0 Å². The van der Waals surface area contributed by atoms with Crippen molar-refractivity contribution < 1.29 is 4.79 Å². The van der Waals surface area contributed by atoms with Gasteiger partial charge in [-0.25, -0.2) is 0 Å². The Bertz CT molecular complexity index is 134. The van der Waals surface area contributed by atoms with Gasteiger partial charge in [0.1, 0.15) is 5.78 Å². The van der Waals surface area contributed by atoms with Crippen molar-refractivity contribution in [3.05, 3.63) is 0 Å². The molecule has 2 atom stereocenters. The second-order valence-corrected chi connectivity index (χ2v) is 3.91. The predicted octanol–water partition coefficient (Wildman–Crippen LogP) is 3.26. The average molecular weight is 191 g/mol. The number of carbonyl (C=O) groups is 1. The maximum absolute atomic E-state index is 11.1. The summed E-state index contributed by atoms with van der Waals surface area (Å²) in [6.07, 6.45) is 2.98. The Balaban J connectivity index is 3.86. The first-order valence-corrected chi connectivity index (χ1v) is 5.21. The first-order valence-electron chi connectivity index (χ1n) is 4.68. The van der Waals surface area contributed by atoms with Crippen LogP contribution in [0, 0.1) is 11.8 Å². The third kappa shape index (κ3) is 4.76. The molecule has 0 rings (SSSR count). The van der Waals surface area contributed by atoms with Crippen LogP contribution >= 0.6 is 11.6 Å². The molecule has 1 nitrogen and oxygen atoms in total. The topological polar surface area (TPSA) is 17.1 Å². The van der Waals surface area contributed by atoms with Gasteiger partial charge in [-0.15, -0.1) is 11.6 Å². The van der Waals surface area contributed by atoms with Gasteiger partial charge in [0.25, 0.3) is 0 Å². The van der Waals surface area contributed by atoms with Crippen LogP contribution < -0.4 is 0 Å². The molecule has 0 aliphatic rings. The summed E-state index contributed by atoms with van der Waals surface area (Å²) in [4.78, 5) is 11.1. The van der Waals surface area contributed by atoms with E-state index in [2.05, 4.69) is 13.8 Å². The maximum atomic E-state index is 11.1. The van der Waals surface area contributed by atoms with Crippen LogP contribution in [0.5, 0.6) is 0 Å². The van der Waals surface area contributed by atoms with Crippen LogP contribution in [0.4, 0.5) is 0 Å². The molecule has 0 heterocycles. The van der Waals surface area contributed by atoms with E-state index in [9.17, 15) is 4.79 Å². The van der Waals surface area contributed by atoms with Crippen LogP contribution in [0.2, 0.25) is 0 Å². The van der Waals surface area contributed by atoms with Crippen molar-refractivity contribution in [3.8, 4) is 0 Å². The molecular weight excluding hydrogens is 172 g/mol. The van der Waals surface area contributed by atoms with E-state index in [1.54, 1.807) is 6.92 Å². The van der Waals surface area contributed by atoms with Crippen molar-refractivity contribution in [1.82, 2.24) is 0 Å². The number of halogens is 1. The Kier molecular flexibility index (Phi) is 6.45. The molecule has 72 valence electrons. The Morgan fingerprint density at radius 3 is 2.42 bits per heavy atom. The lowest BCUT2D eigenvalue weighted by atomic mass is 9.89. The van der Waals surface area contributed by atoms with Gasteiger partial charge in [-0.3, -0.25) is 4.79 Å². The van der Waals surface area contributed by atoms with Crippen LogP contribution in [0.15, 0.2) is 0 Å². The third-order valence-electron chi connectivity index (χ3n) is 2.42. The number of Topliss-reactive ketones (excluding diaryl/α,β-unsaturated/α-hetero) is 1. The fraction of sp³-hybridized carbons (Fsp3) is 0.900. The lowest BCUT2D eigenvalue weighted by molar-refractivity contribution is -0.121. The number of alkyl halides is 1. The first kappa shape index (κ1) is 12.0. The van der Waals surface area contributed by atoms with Crippen LogP contribution in [0.1, 0.15) is 40.0 Å². The normalized spacial score (nSPS) is 15.7. The van der Waals surface area contributed by atoms with Crippen molar-refractivity contribution in [2.45, 2.75) is 40.0 Å². The minimum Gasteiger partial charge on any atom is -0.300 e. The highest BCUT2D eigenvalue weighted by molar-refractivity contribution is 6.18. The summed E-state index contributed by atoms with van der Waals surface area (Å²) in [6, 6.07) is 0. The minimum atomic E-state index is 0.192. The molecule has 0 fully saturated rings. The predicted molar refractivity (Wildman–Crippen MR) is 53.6 cm³/mol. The van der Waals surface area contributed by atoms with Crippen LogP contribution in [-0.2, 0) is 4.79 Å². The van der Waals surface area contributed by atoms with Gasteiger partial charge in [0.05, 0.1) is 0 Å². The summed E-state index contributed by atoms with van der Waals surface area (Å²) < 4.78 is 0. The zero-order valence-corrected chi connectivity index (χ0v) is 9.03. The number of rotatable bonds is 6. The van der Waals surface area contributed by atoms with Gasteiger partial charge in [-0.1, -0.05) is 20.3 Å². The van der Waals surface area contributed by atoms with Crippen LogP contribution in [-0.4, -0.2) is 11.7 Å². The second kappa shape index (κ2) is 6.47. The highest BCUT2D eigenvalue weighted by Gasteiger charge is 2.15. The largest absolute Gasteiger partial charge is 0.300 e. The molecule has 2 unspecified atom stereocenters. The standard InChI is InChI=1S/C10H19ClO/c1-4-8(2)7-10(5-6-11)9(3)12/h8,10H,4-7H2,1-3H3. The molecule has 12 heavy (non-hydrogen) atoms. The number of hydrogen-bond acceptors (Lipinski definition) is 1. The van der Waals surface area contributed by atoms with Gasteiger partial charge in [0.15, 0.2) is 0 Å². The molecule has 0 saturated carbocycles. The fourth-order valence-electron chi connectivity index (χ4n) is 1.27. The van der Waals surface area contributed by atoms with Crippen LogP contribution in [0.3, 0.4) is 0 Å². The second-order valence-electron chi connectivity index (χ2n) is 3.53. The summed E-state index contributed by atoms with van der Waals surface area (Å²) in [5, 5.41) is 0. The van der Waals surface area contributed by atoms with E-state index in [-0.39, 0.29) is 11.7 Å². The van der Waals surface area contributed by atoms with Crippen molar-refractivity contribution in [3.63, 3.8) is 0 Å². The number of hydrogen-bond donors (Lipinski definition) is 0. The zero-order chi connectivity index (χ0) is 9.56. The van der Waals surface area contributed by atoms with Gasteiger partial charge >= 0.3 is 0 Å². The summed E-state index contributed by atoms with van der Waals surface area (Å²) in [6.45, 7) is 6.01. The first-order chi connectivity index (χ1) is 5.61. The fourth-order valence-corrected chi connectivity index (χ4v) is 1.53. The lowest BCUT2D eigenvalue weighted by Crippen LogP contribution is -2.14. The van der Waals surface area contributed by atoms with Crippen molar-refractivity contribution in [2.24, 2.45) is 11.8 Å². The maximum Gasteiger partial charge on any atom is 0.132 e. The molecular formula is C10H19ClO. The number of carbonyl (C=O) groups excluding carboxylic acids is 1. The van der Waals surface area contributed by atoms with Gasteiger partial charge in [0.2, 0.25) is 0 Å². The quantitative estimate of drug-likeness (QED) is 0.588. The van der Waals surface area contributed by atoms with E-state index in [0.717, 1.165) is 19.3 Å². The molecule has 2 heteroatoms. The van der Waals surface area contributed by atoms with Crippen molar-refractivity contribution in [2.75, 3.05) is 5.88 Å². The average Bonchev–Trinajstić information content (AvgIpc) is 2.03. The van der Waals surface area contributed by atoms with E-state index in [4.69, 9.17) is 11.6 Å². The SMILES string of the molecule is CCC(C)CC(CCCl)C(C)=O. The molecule has 0 aliphatic carbocycles. The Morgan fingerprint density at radius 1 is 1.50 bits per heavy atom. The Labute approximate surface area is 80.5 Å². The van der Waals surface area contributed by atoms with Gasteiger partial charge in [0, 0.05) is 11.8 Å². The van der Waals surface area contributed by atoms with Crippen molar-refractivity contribution >= 4 is 17.4 Å². The molecule has 0 saturated heterocycles. The molecule has 0 N–H and O–H groups in total.